The highest BCUT2D eigenvalue weighted by molar-refractivity contribution is 6.07. The van der Waals surface area contributed by atoms with Crippen molar-refractivity contribution in [3.63, 3.8) is 0 Å². The fourth-order valence-corrected chi connectivity index (χ4v) is 4.33. The van der Waals surface area contributed by atoms with Gasteiger partial charge in [0.05, 0.1) is 11.4 Å². The van der Waals surface area contributed by atoms with Gasteiger partial charge >= 0.3 is 6.03 Å². The van der Waals surface area contributed by atoms with Crippen LogP contribution >= 0.6 is 0 Å². The molecule has 0 fully saturated rings. The van der Waals surface area contributed by atoms with E-state index < -0.39 is 6.03 Å². The third-order valence-corrected chi connectivity index (χ3v) is 6.32. The van der Waals surface area contributed by atoms with Crippen LogP contribution < -0.4 is 20.7 Å². The quantitative estimate of drug-likeness (QED) is 0.136. The standard InChI is InChI=1S/C31H25N7O4/c1-19-6-10-21(11-7-19)38-27(18-28(40)37-38)35-31(41)34-25-14-15-26(24-5-3-2-4-23(24)25)42-29-16-17-32-30(36-29)33-20-8-12-22(39)13-9-20/h2-18,39H,1H3,(H,37,40)(H,32,33,36)(H2,34,35,41). The zero-order chi connectivity index (χ0) is 29.1. The Bertz CT molecular complexity index is 1890. The van der Waals surface area contributed by atoms with Crippen molar-refractivity contribution in [1.29, 1.82) is 0 Å². The molecule has 0 saturated heterocycles. The summed E-state index contributed by atoms with van der Waals surface area (Å²) in [6.07, 6.45) is 1.58. The van der Waals surface area contributed by atoms with E-state index in [0.29, 0.717) is 40.5 Å². The second-order valence-corrected chi connectivity index (χ2v) is 9.36. The van der Waals surface area contributed by atoms with Crippen molar-refractivity contribution in [2.45, 2.75) is 6.92 Å². The molecule has 6 aromatic rings. The number of rotatable bonds is 7. The summed E-state index contributed by atoms with van der Waals surface area (Å²) >= 11 is 0. The highest BCUT2D eigenvalue weighted by Crippen LogP contribution is 2.34. The van der Waals surface area contributed by atoms with Crippen LogP contribution in [0.25, 0.3) is 16.5 Å². The van der Waals surface area contributed by atoms with Crippen LogP contribution in [0.1, 0.15) is 5.56 Å². The van der Waals surface area contributed by atoms with Crippen LogP contribution in [0.2, 0.25) is 0 Å². The van der Waals surface area contributed by atoms with Gasteiger partial charge in [0.25, 0.3) is 0 Å². The molecule has 4 aromatic carbocycles. The molecule has 208 valence electrons. The van der Waals surface area contributed by atoms with Crippen LogP contribution in [0.5, 0.6) is 23.3 Å². The predicted molar refractivity (Wildman–Crippen MR) is 160 cm³/mol. The van der Waals surface area contributed by atoms with Gasteiger partial charge in [0.2, 0.25) is 17.7 Å². The average molecular weight is 560 g/mol. The summed E-state index contributed by atoms with van der Waals surface area (Å²) in [5, 5.41) is 33.8. The lowest BCUT2D eigenvalue weighted by molar-refractivity contribution is 0.262. The number of anilines is 4. The predicted octanol–water partition coefficient (Wildman–Crippen LogP) is 6.72. The number of fused-ring (bicyclic) bond motifs is 1. The lowest BCUT2D eigenvalue weighted by Crippen LogP contribution is -2.21. The first-order chi connectivity index (χ1) is 20.4. The summed E-state index contributed by atoms with van der Waals surface area (Å²) in [6, 6.07) is 27.6. The molecule has 0 aliphatic carbocycles. The Morgan fingerprint density at radius 3 is 2.40 bits per heavy atom. The van der Waals surface area contributed by atoms with Gasteiger partial charge in [-0.2, -0.15) is 4.98 Å². The van der Waals surface area contributed by atoms with E-state index in [2.05, 4.69) is 31.0 Å². The Kier molecular flexibility index (Phi) is 6.96. The number of hydrogen-bond acceptors (Lipinski definition) is 8. The SMILES string of the molecule is Cc1ccc(-n2nc(O)cc2NC(=O)Nc2ccc(Oc3ccnc(Nc4ccc(O)cc4)n3)c3ccccc23)cc1. The van der Waals surface area contributed by atoms with Crippen LogP contribution in [0.15, 0.2) is 103 Å². The van der Waals surface area contributed by atoms with Crippen molar-refractivity contribution in [2.75, 3.05) is 16.0 Å². The average Bonchev–Trinajstić information content (AvgIpc) is 3.35. The molecule has 0 unspecified atom stereocenters. The Morgan fingerprint density at radius 2 is 1.62 bits per heavy atom. The monoisotopic (exact) mass is 559 g/mol. The Morgan fingerprint density at radius 1 is 0.857 bits per heavy atom. The summed E-state index contributed by atoms with van der Waals surface area (Å²) in [7, 11) is 0. The number of benzene rings is 4. The van der Waals surface area contributed by atoms with Gasteiger partial charge < -0.3 is 25.6 Å². The molecule has 2 amide bonds. The fourth-order valence-electron chi connectivity index (χ4n) is 4.33. The third kappa shape index (κ3) is 5.75. The summed E-state index contributed by atoms with van der Waals surface area (Å²) < 4.78 is 7.58. The minimum Gasteiger partial charge on any atom is -0.508 e. The van der Waals surface area contributed by atoms with Crippen molar-refractivity contribution in [3.05, 3.63) is 109 Å². The smallest absolute Gasteiger partial charge is 0.324 e. The largest absolute Gasteiger partial charge is 0.508 e. The van der Waals surface area contributed by atoms with E-state index in [0.717, 1.165) is 16.3 Å². The molecule has 0 atom stereocenters. The van der Waals surface area contributed by atoms with Crippen molar-refractivity contribution in [1.82, 2.24) is 19.7 Å². The lowest BCUT2D eigenvalue weighted by atomic mass is 10.1. The number of carbonyl (C=O) groups excluding carboxylic acids is 1. The molecule has 11 nitrogen and oxygen atoms in total. The number of amides is 2. The molecule has 5 N–H and O–H groups in total. The normalized spacial score (nSPS) is 10.8. The molecular weight excluding hydrogens is 534 g/mol. The lowest BCUT2D eigenvalue weighted by Gasteiger charge is -2.14. The minimum atomic E-state index is -0.511. The molecule has 0 aliphatic rings. The van der Waals surface area contributed by atoms with Gasteiger partial charge in [0.15, 0.2) is 0 Å². The van der Waals surface area contributed by atoms with E-state index >= 15 is 0 Å². The Hall–Kier alpha value is -6.10. The molecule has 2 heterocycles. The molecule has 0 saturated carbocycles. The van der Waals surface area contributed by atoms with Gasteiger partial charge in [0, 0.05) is 34.8 Å². The topological polar surface area (TPSA) is 146 Å². The summed E-state index contributed by atoms with van der Waals surface area (Å²) in [5.74, 6) is 1.43. The van der Waals surface area contributed by atoms with Crippen LogP contribution in [-0.4, -0.2) is 36.0 Å². The van der Waals surface area contributed by atoms with E-state index in [1.807, 2.05) is 55.5 Å². The maximum Gasteiger partial charge on any atom is 0.324 e. The van der Waals surface area contributed by atoms with Crippen molar-refractivity contribution < 1.29 is 19.7 Å². The van der Waals surface area contributed by atoms with E-state index in [4.69, 9.17) is 4.74 Å². The highest BCUT2D eigenvalue weighted by Gasteiger charge is 2.15. The molecule has 6 rings (SSSR count). The van der Waals surface area contributed by atoms with Crippen LogP contribution in [-0.2, 0) is 0 Å². The number of aromatic nitrogens is 4. The number of aryl methyl sites for hydroxylation is 1. The van der Waals surface area contributed by atoms with Gasteiger partial charge in [-0.1, -0.05) is 42.0 Å². The number of aromatic hydroxyl groups is 2. The molecular formula is C31H25N7O4. The van der Waals surface area contributed by atoms with Gasteiger partial charge in [-0.25, -0.2) is 14.5 Å². The van der Waals surface area contributed by atoms with Crippen LogP contribution in [0.3, 0.4) is 0 Å². The summed E-state index contributed by atoms with van der Waals surface area (Å²) in [4.78, 5) is 21.7. The highest BCUT2D eigenvalue weighted by atomic mass is 16.5. The number of hydrogen-bond donors (Lipinski definition) is 5. The van der Waals surface area contributed by atoms with Crippen molar-refractivity contribution in [3.8, 4) is 28.9 Å². The first kappa shape index (κ1) is 26.1. The van der Waals surface area contributed by atoms with Crippen LogP contribution in [0.4, 0.5) is 27.9 Å². The molecule has 0 bridgehead atoms. The number of nitrogens with zero attached hydrogens (tertiary/aromatic N) is 4. The fraction of sp³-hybridized carbons (Fsp3) is 0.0323. The summed E-state index contributed by atoms with van der Waals surface area (Å²) in [6.45, 7) is 1.97. The van der Waals surface area contributed by atoms with E-state index in [-0.39, 0.29) is 11.6 Å². The Balaban J connectivity index is 1.21. The third-order valence-electron chi connectivity index (χ3n) is 6.32. The minimum absolute atomic E-state index is 0.161. The molecule has 0 radical (unpaired) electrons. The second-order valence-electron chi connectivity index (χ2n) is 9.36. The first-order valence-electron chi connectivity index (χ1n) is 12.9. The first-order valence-corrected chi connectivity index (χ1v) is 12.9. The van der Waals surface area contributed by atoms with Crippen molar-refractivity contribution in [2.24, 2.45) is 0 Å². The number of carbonyl (C=O) groups is 1. The number of phenolic OH excluding ortho intramolecular Hbond substituents is 1. The van der Waals surface area contributed by atoms with Gasteiger partial charge in [-0.3, -0.25) is 5.32 Å². The Labute approximate surface area is 240 Å². The van der Waals surface area contributed by atoms with E-state index in [9.17, 15) is 15.0 Å². The van der Waals surface area contributed by atoms with E-state index in [1.165, 1.54) is 10.7 Å². The molecule has 2 aromatic heterocycles. The number of urea groups is 1. The van der Waals surface area contributed by atoms with E-state index in [1.54, 1.807) is 48.7 Å². The number of phenols is 1. The van der Waals surface area contributed by atoms with Crippen LogP contribution in [0, 0.1) is 6.92 Å². The van der Waals surface area contributed by atoms with Gasteiger partial charge in [-0.15, -0.1) is 5.10 Å². The zero-order valence-electron chi connectivity index (χ0n) is 22.3. The molecule has 42 heavy (non-hydrogen) atoms. The summed E-state index contributed by atoms with van der Waals surface area (Å²) in [5.41, 5.74) is 3.03. The van der Waals surface area contributed by atoms with Crippen molar-refractivity contribution >= 4 is 39.9 Å². The number of ether oxygens (including phenoxy) is 1. The maximum absolute atomic E-state index is 13.0. The zero-order valence-corrected chi connectivity index (χ0v) is 22.3. The number of nitrogens with one attached hydrogen (secondary N) is 3. The maximum atomic E-state index is 13.0. The second kappa shape index (κ2) is 11.2. The molecule has 11 heteroatoms. The molecule has 0 aliphatic heterocycles. The van der Waals surface area contributed by atoms with Gasteiger partial charge in [-0.05, 0) is 55.5 Å². The molecule has 0 spiro atoms. The van der Waals surface area contributed by atoms with Gasteiger partial charge in [0.1, 0.15) is 17.3 Å².